The minimum Gasteiger partial charge on any atom is -0.386 e. The SMILES string of the molecule is Cn1cc(C(O)CNc2ncnc3nc[nH]c23)cn1. The minimum atomic E-state index is -0.651. The quantitative estimate of drug-likeness (QED) is 0.619. The van der Waals surface area contributed by atoms with Crippen molar-refractivity contribution in [2.45, 2.75) is 6.10 Å². The average molecular weight is 259 g/mol. The van der Waals surface area contributed by atoms with Gasteiger partial charge in [-0.25, -0.2) is 15.0 Å². The zero-order chi connectivity index (χ0) is 13.2. The summed E-state index contributed by atoms with van der Waals surface area (Å²) in [5, 5.41) is 17.1. The maximum atomic E-state index is 10.0. The molecule has 0 aliphatic carbocycles. The summed E-state index contributed by atoms with van der Waals surface area (Å²) in [6, 6.07) is 0. The van der Waals surface area contributed by atoms with E-state index in [1.807, 2.05) is 7.05 Å². The number of H-pyrrole nitrogens is 1. The first kappa shape index (κ1) is 11.6. The maximum absolute atomic E-state index is 10.0. The van der Waals surface area contributed by atoms with E-state index in [9.17, 15) is 5.11 Å². The lowest BCUT2D eigenvalue weighted by atomic mass is 10.2. The number of imidazole rings is 1. The van der Waals surface area contributed by atoms with Crippen LogP contribution >= 0.6 is 0 Å². The van der Waals surface area contributed by atoms with Crippen LogP contribution < -0.4 is 5.32 Å². The summed E-state index contributed by atoms with van der Waals surface area (Å²) in [6.45, 7) is 0.330. The Kier molecular flexibility index (Phi) is 2.84. The van der Waals surface area contributed by atoms with E-state index in [2.05, 4.69) is 30.4 Å². The number of aliphatic hydroxyl groups excluding tert-OH is 1. The second kappa shape index (κ2) is 4.65. The first-order chi connectivity index (χ1) is 9.24. The van der Waals surface area contributed by atoms with Crippen LogP contribution in [0.15, 0.2) is 25.0 Å². The third-order valence-corrected chi connectivity index (χ3v) is 2.80. The third-order valence-electron chi connectivity index (χ3n) is 2.80. The van der Waals surface area contributed by atoms with Gasteiger partial charge in [0.2, 0.25) is 0 Å². The Morgan fingerprint density at radius 3 is 3.11 bits per heavy atom. The molecular weight excluding hydrogens is 246 g/mol. The summed E-state index contributed by atoms with van der Waals surface area (Å²) in [5.74, 6) is 0.616. The van der Waals surface area contributed by atoms with Gasteiger partial charge < -0.3 is 15.4 Å². The van der Waals surface area contributed by atoms with Crippen molar-refractivity contribution in [3.05, 3.63) is 30.6 Å². The fraction of sp³-hybridized carbons (Fsp3) is 0.273. The van der Waals surface area contributed by atoms with Gasteiger partial charge in [0.25, 0.3) is 0 Å². The van der Waals surface area contributed by atoms with E-state index >= 15 is 0 Å². The van der Waals surface area contributed by atoms with Gasteiger partial charge in [-0.1, -0.05) is 0 Å². The molecule has 3 N–H and O–H groups in total. The standard InChI is InChI=1S/C11H13N7O/c1-18-4-7(2-17-18)8(19)3-12-10-9-11(14-5-13-9)16-6-15-10/h2,4-6,8,19H,3H2,1H3,(H2,12,13,14,15,16). The Balaban J connectivity index is 1.74. The number of aromatic amines is 1. The number of aliphatic hydroxyl groups is 1. The van der Waals surface area contributed by atoms with E-state index in [4.69, 9.17) is 0 Å². The van der Waals surface area contributed by atoms with Gasteiger partial charge in [0.1, 0.15) is 11.8 Å². The largest absolute Gasteiger partial charge is 0.386 e. The number of nitrogens with zero attached hydrogens (tertiary/aromatic N) is 5. The van der Waals surface area contributed by atoms with Gasteiger partial charge in [0, 0.05) is 25.4 Å². The van der Waals surface area contributed by atoms with E-state index < -0.39 is 6.10 Å². The fourth-order valence-corrected chi connectivity index (χ4v) is 1.82. The number of nitrogens with one attached hydrogen (secondary N) is 2. The highest BCUT2D eigenvalue weighted by Gasteiger charge is 2.11. The molecule has 0 spiro atoms. The van der Waals surface area contributed by atoms with Crippen molar-refractivity contribution in [2.75, 3.05) is 11.9 Å². The molecular formula is C11H13N7O. The van der Waals surface area contributed by atoms with Crippen molar-refractivity contribution in [3.8, 4) is 0 Å². The average Bonchev–Trinajstić information content (AvgIpc) is 3.04. The number of rotatable bonds is 4. The fourth-order valence-electron chi connectivity index (χ4n) is 1.82. The van der Waals surface area contributed by atoms with Crippen molar-refractivity contribution in [1.82, 2.24) is 29.7 Å². The van der Waals surface area contributed by atoms with Crippen LogP contribution in [0.5, 0.6) is 0 Å². The minimum absolute atomic E-state index is 0.330. The van der Waals surface area contributed by atoms with Gasteiger partial charge in [0.05, 0.1) is 18.6 Å². The first-order valence-corrected chi connectivity index (χ1v) is 5.78. The Morgan fingerprint density at radius 2 is 2.32 bits per heavy atom. The van der Waals surface area contributed by atoms with Gasteiger partial charge in [-0.15, -0.1) is 0 Å². The van der Waals surface area contributed by atoms with Crippen molar-refractivity contribution in [2.24, 2.45) is 7.05 Å². The highest BCUT2D eigenvalue weighted by molar-refractivity contribution is 5.81. The molecule has 0 fully saturated rings. The predicted octanol–water partition coefficient (Wildman–Crippen LogP) is 0.232. The molecule has 0 bridgehead atoms. The molecule has 0 amide bonds. The highest BCUT2D eigenvalue weighted by Crippen LogP contribution is 2.17. The Bertz CT molecular complexity index is 689. The van der Waals surface area contributed by atoms with Crippen LogP contribution in [0.25, 0.3) is 11.2 Å². The maximum Gasteiger partial charge on any atom is 0.182 e. The summed E-state index contributed by atoms with van der Waals surface area (Å²) in [5.41, 5.74) is 2.07. The molecule has 0 aliphatic heterocycles. The van der Waals surface area contributed by atoms with E-state index in [0.29, 0.717) is 18.0 Å². The number of anilines is 1. The molecule has 98 valence electrons. The zero-order valence-electron chi connectivity index (χ0n) is 10.3. The summed E-state index contributed by atoms with van der Waals surface area (Å²) in [7, 11) is 1.81. The predicted molar refractivity (Wildman–Crippen MR) is 68.3 cm³/mol. The normalized spacial score (nSPS) is 12.7. The van der Waals surface area contributed by atoms with Crippen LogP contribution in [-0.2, 0) is 7.05 Å². The second-order valence-corrected chi connectivity index (χ2v) is 4.17. The van der Waals surface area contributed by atoms with Crippen molar-refractivity contribution < 1.29 is 5.11 Å². The molecule has 3 aromatic heterocycles. The molecule has 1 unspecified atom stereocenters. The topological polar surface area (TPSA) is 105 Å². The molecule has 0 saturated heterocycles. The third kappa shape index (κ3) is 2.25. The number of fused-ring (bicyclic) bond motifs is 1. The van der Waals surface area contributed by atoms with Gasteiger partial charge in [-0.05, 0) is 0 Å². The highest BCUT2D eigenvalue weighted by atomic mass is 16.3. The van der Waals surface area contributed by atoms with E-state index in [1.54, 1.807) is 23.4 Å². The van der Waals surface area contributed by atoms with Crippen LogP contribution in [0, 0.1) is 0 Å². The molecule has 1 atom stereocenters. The molecule has 0 radical (unpaired) electrons. The van der Waals surface area contributed by atoms with E-state index in [-0.39, 0.29) is 0 Å². The van der Waals surface area contributed by atoms with Crippen molar-refractivity contribution in [1.29, 1.82) is 0 Å². The summed E-state index contributed by atoms with van der Waals surface area (Å²) in [4.78, 5) is 15.2. The van der Waals surface area contributed by atoms with Gasteiger partial charge in [-0.2, -0.15) is 5.10 Å². The number of hydrogen-bond acceptors (Lipinski definition) is 6. The van der Waals surface area contributed by atoms with Crippen LogP contribution in [-0.4, -0.2) is 41.4 Å². The Morgan fingerprint density at radius 1 is 1.42 bits per heavy atom. The molecule has 3 heterocycles. The number of aryl methyl sites for hydroxylation is 1. The summed E-state index contributed by atoms with van der Waals surface area (Å²) in [6.07, 6.45) is 5.75. The van der Waals surface area contributed by atoms with Gasteiger partial charge in [-0.3, -0.25) is 4.68 Å². The molecule has 0 saturated carbocycles. The number of hydrogen-bond donors (Lipinski definition) is 3. The monoisotopic (exact) mass is 259 g/mol. The molecule has 3 rings (SSSR count). The lowest BCUT2D eigenvalue weighted by Crippen LogP contribution is -2.13. The lowest BCUT2D eigenvalue weighted by molar-refractivity contribution is 0.191. The van der Waals surface area contributed by atoms with Crippen LogP contribution in [0.2, 0.25) is 0 Å². The summed E-state index contributed by atoms with van der Waals surface area (Å²) >= 11 is 0. The zero-order valence-corrected chi connectivity index (χ0v) is 10.3. The molecule has 3 aromatic rings. The second-order valence-electron chi connectivity index (χ2n) is 4.17. The molecule has 19 heavy (non-hydrogen) atoms. The van der Waals surface area contributed by atoms with Gasteiger partial charge >= 0.3 is 0 Å². The summed E-state index contributed by atoms with van der Waals surface area (Å²) < 4.78 is 1.65. The van der Waals surface area contributed by atoms with E-state index in [1.165, 1.54) is 6.33 Å². The number of aromatic nitrogens is 6. The smallest absolute Gasteiger partial charge is 0.182 e. The first-order valence-electron chi connectivity index (χ1n) is 5.78. The van der Waals surface area contributed by atoms with Crippen LogP contribution in [0.1, 0.15) is 11.7 Å². The van der Waals surface area contributed by atoms with Crippen LogP contribution in [0.3, 0.4) is 0 Å². The van der Waals surface area contributed by atoms with Gasteiger partial charge in [0.15, 0.2) is 11.5 Å². The van der Waals surface area contributed by atoms with E-state index in [0.717, 1.165) is 11.1 Å². The Hall–Kier alpha value is -2.48. The van der Waals surface area contributed by atoms with Crippen molar-refractivity contribution >= 4 is 17.0 Å². The molecule has 8 heteroatoms. The molecule has 0 aliphatic rings. The Labute approximate surface area is 108 Å². The lowest BCUT2D eigenvalue weighted by Gasteiger charge is -2.10. The molecule has 8 nitrogen and oxygen atoms in total. The van der Waals surface area contributed by atoms with Crippen molar-refractivity contribution in [3.63, 3.8) is 0 Å². The molecule has 0 aromatic carbocycles. The van der Waals surface area contributed by atoms with Crippen LogP contribution in [0.4, 0.5) is 5.82 Å².